The molecule has 0 aliphatic carbocycles. The Hall–Kier alpha value is 0.640. The van der Waals surface area contributed by atoms with Gasteiger partial charge in [-0.1, -0.05) is 0 Å². The lowest BCUT2D eigenvalue weighted by molar-refractivity contribution is 1.28. The predicted molar refractivity (Wildman–Crippen MR) is 56.8 cm³/mol. The lowest BCUT2D eigenvalue weighted by Crippen LogP contribution is -1.93. The van der Waals surface area contributed by atoms with Crippen molar-refractivity contribution >= 4 is 60.3 Å². The van der Waals surface area contributed by atoms with E-state index in [1.165, 1.54) is 0 Å². The van der Waals surface area contributed by atoms with Crippen LogP contribution in [0.2, 0.25) is 0 Å². The Morgan fingerprint density at radius 3 is 2.60 bits per heavy atom. The van der Waals surface area contributed by atoms with E-state index < -0.39 is 0 Å². The van der Waals surface area contributed by atoms with E-state index in [1.807, 2.05) is 0 Å². The summed E-state index contributed by atoms with van der Waals surface area (Å²) in [6, 6.07) is 0. The molecule has 0 aromatic carbocycles. The average Bonchev–Trinajstić information content (AvgIpc) is 1.93. The molecule has 0 aliphatic rings. The van der Waals surface area contributed by atoms with Crippen LogP contribution >= 0.6 is 54.5 Å². The van der Waals surface area contributed by atoms with Gasteiger partial charge in [0.1, 0.15) is 5.82 Å². The largest absolute Gasteiger partial charge is 0.383 e. The molecular formula is C5H3Br2IN2. The fourth-order valence-corrected chi connectivity index (χ4v) is 1.76. The summed E-state index contributed by atoms with van der Waals surface area (Å²) in [5.41, 5.74) is 5.51. The van der Waals surface area contributed by atoms with E-state index in [0.717, 1.165) is 12.5 Å². The van der Waals surface area contributed by atoms with Gasteiger partial charge in [-0.25, -0.2) is 4.98 Å². The van der Waals surface area contributed by atoms with Crippen molar-refractivity contribution in [2.24, 2.45) is 0 Å². The highest BCUT2D eigenvalue weighted by atomic mass is 127. The molecule has 5 heteroatoms. The molecule has 2 N–H and O–H groups in total. The van der Waals surface area contributed by atoms with Crippen molar-refractivity contribution in [3.05, 3.63) is 18.7 Å². The van der Waals surface area contributed by atoms with Gasteiger partial charge in [0.2, 0.25) is 0 Å². The van der Waals surface area contributed by atoms with Gasteiger partial charge in [0.25, 0.3) is 0 Å². The lowest BCUT2D eigenvalue weighted by Gasteiger charge is -2.00. The molecule has 0 atom stereocenters. The van der Waals surface area contributed by atoms with E-state index in [9.17, 15) is 0 Å². The first kappa shape index (κ1) is 8.73. The SMILES string of the molecule is Nc1ncc(Br)c(I)c1Br. The number of nitrogen functional groups attached to an aromatic ring is 1. The molecule has 2 nitrogen and oxygen atoms in total. The van der Waals surface area contributed by atoms with Crippen molar-refractivity contribution < 1.29 is 0 Å². The maximum absolute atomic E-state index is 5.51. The zero-order valence-corrected chi connectivity index (χ0v) is 10.1. The van der Waals surface area contributed by atoms with Crippen LogP contribution in [0.1, 0.15) is 0 Å². The van der Waals surface area contributed by atoms with Crippen LogP contribution in [-0.4, -0.2) is 4.98 Å². The number of aromatic nitrogens is 1. The lowest BCUT2D eigenvalue weighted by atomic mass is 10.5. The summed E-state index contributed by atoms with van der Waals surface area (Å²) in [7, 11) is 0. The third-order valence-corrected chi connectivity index (χ3v) is 4.95. The van der Waals surface area contributed by atoms with Crippen LogP contribution in [-0.2, 0) is 0 Å². The smallest absolute Gasteiger partial charge is 0.138 e. The second-order valence-corrected chi connectivity index (χ2v) is 4.35. The first-order chi connectivity index (χ1) is 4.63. The molecule has 0 bridgehead atoms. The van der Waals surface area contributed by atoms with Crippen LogP contribution in [0.15, 0.2) is 15.1 Å². The van der Waals surface area contributed by atoms with E-state index in [1.54, 1.807) is 6.20 Å². The Morgan fingerprint density at radius 1 is 1.50 bits per heavy atom. The average molecular weight is 378 g/mol. The Bertz CT molecular complexity index is 237. The summed E-state index contributed by atoms with van der Waals surface area (Å²) in [4.78, 5) is 3.92. The monoisotopic (exact) mass is 376 g/mol. The van der Waals surface area contributed by atoms with Crippen molar-refractivity contribution in [2.75, 3.05) is 5.73 Å². The quantitative estimate of drug-likeness (QED) is 0.706. The van der Waals surface area contributed by atoms with E-state index in [2.05, 4.69) is 59.4 Å². The molecule has 0 radical (unpaired) electrons. The number of nitrogens with zero attached hydrogens (tertiary/aromatic N) is 1. The molecule has 0 fully saturated rings. The zero-order chi connectivity index (χ0) is 7.72. The van der Waals surface area contributed by atoms with Gasteiger partial charge < -0.3 is 5.73 Å². The summed E-state index contributed by atoms with van der Waals surface area (Å²) in [5, 5.41) is 0. The Labute approximate surface area is 89.0 Å². The molecular weight excluding hydrogens is 375 g/mol. The number of nitrogens with two attached hydrogens (primary N) is 1. The Morgan fingerprint density at radius 2 is 2.10 bits per heavy atom. The van der Waals surface area contributed by atoms with Crippen molar-refractivity contribution in [3.63, 3.8) is 0 Å². The number of rotatable bonds is 0. The van der Waals surface area contributed by atoms with Crippen LogP contribution < -0.4 is 5.73 Å². The molecule has 0 spiro atoms. The topological polar surface area (TPSA) is 38.9 Å². The zero-order valence-electron chi connectivity index (χ0n) is 4.74. The Kier molecular flexibility index (Phi) is 2.93. The number of pyridine rings is 1. The van der Waals surface area contributed by atoms with Gasteiger partial charge in [-0.3, -0.25) is 0 Å². The molecule has 0 saturated carbocycles. The van der Waals surface area contributed by atoms with Gasteiger partial charge >= 0.3 is 0 Å². The minimum absolute atomic E-state index is 0.521. The highest BCUT2D eigenvalue weighted by Gasteiger charge is 2.04. The van der Waals surface area contributed by atoms with Gasteiger partial charge in [0.05, 0.1) is 8.95 Å². The molecule has 0 amide bonds. The Balaban J connectivity index is 3.34. The van der Waals surface area contributed by atoms with Crippen molar-refractivity contribution in [1.82, 2.24) is 4.98 Å². The first-order valence-electron chi connectivity index (χ1n) is 2.38. The molecule has 0 saturated heterocycles. The summed E-state index contributed by atoms with van der Waals surface area (Å²) in [5.74, 6) is 0.521. The second-order valence-electron chi connectivity index (χ2n) is 1.62. The molecule has 0 unspecified atom stereocenters. The van der Waals surface area contributed by atoms with Crippen LogP contribution in [0.5, 0.6) is 0 Å². The summed E-state index contributed by atoms with van der Waals surface area (Å²) >= 11 is 8.81. The fraction of sp³-hybridized carbons (Fsp3) is 0. The second kappa shape index (κ2) is 3.36. The molecule has 1 aromatic rings. The first-order valence-corrected chi connectivity index (χ1v) is 5.04. The standard InChI is InChI=1S/C5H3Br2IN2/c6-2-1-10-5(9)3(7)4(2)8/h1H,(H2,9,10). The van der Waals surface area contributed by atoms with Crippen molar-refractivity contribution in [2.45, 2.75) is 0 Å². The van der Waals surface area contributed by atoms with Gasteiger partial charge in [-0.05, 0) is 54.5 Å². The van der Waals surface area contributed by atoms with E-state index in [-0.39, 0.29) is 0 Å². The molecule has 0 aliphatic heterocycles. The van der Waals surface area contributed by atoms with Crippen LogP contribution in [0.25, 0.3) is 0 Å². The van der Waals surface area contributed by atoms with Crippen LogP contribution in [0.4, 0.5) is 5.82 Å². The van der Waals surface area contributed by atoms with E-state index in [4.69, 9.17) is 5.73 Å². The van der Waals surface area contributed by atoms with Gasteiger partial charge in [0.15, 0.2) is 0 Å². The summed E-state index contributed by atoms with van der Waals surface area (Å²) in [6.07, 6.45) is 1.68. The highest BCUT2D eigenvalue weighted by Crippen LogP contribution is 2.29. The maximum Gasteiger partial charge on any atom is 0.138 e. The molecule has 10 heavy (non-hydrogen) atoms. The maximum atomic E-state index is 5.51. The number of anilines is 1. The summed E-state index contributed by atoms with van der Waals surface area (Å²) in [6.45, 7) is 0. The van der Waals surface area contributed by atoms with Crippen LogP contribution in [0, 0.1) is 3.57 Å². The fourth-order valence-electron chi connectivity index (χ4n) is 0.457. The number of hydrogen-bond donors (Lipinski definition) is 1. The third kappa shape index (κ3) is 1.62. The van der Waals surface area contributed by atoms with E-state index in [0.29, 0.717) is 5.82 Å². The number of hydrogen-bond acceptors (Lipinski definition) is 2. The highest BCUT2D eigenvalue weighted by molar-refractivity contribution is 14.1. The van der Waals surface area contributed by atoms with Crippen molar-refractivity contribution in [3.8, 4) is 0 Å². The minimum atomic E-state index is 0.521. The normalized spacial score (nSPS) is 9.90. The van der Waals surface area contributed by atoms with Gasteiger partial charge in [0, 0.05) is 9.77 Å². The number of halogens is 3. The van der Waals surface area contributed by atoms with Gasteiger partial charge in [-0.2, -0.15) is 0 Å². The molecule has 1 heterocycles. The predicted octanol–water partition coefficient (Wildman–Crippen LogP) is 2.79. The van der Waals surface area contributed by atoms with Crippen LogP contribution in [0.3, 0.4) is 0 Å². The minimum Gasteiger partial charge on any atom is -0.383 e. The summed E-state index contributed by atoms with van der Waals surface area (Å²) < 4.78 is 2.85. The molecule has 54 valence electrons. The molecule has 1 aromatic heterocycles. The third-order valence-electron chi connectivity index (χ3n) is 0.944. The van der Waals surface area contributed by atoms with Crippen molar-refractivity contribution in [1.29, 1.82) is 0 Å². The molecule has 1 rings (SSSR count). The van der Waals surface area contributed by atoms with E-state index >= 15 is 0 Å². The van der Waals surface area contributed by atoms with Gasteiger partial charge in [-0.15, -0.1) is 0 Å².